The van der Waals surface area contributed by atoms with Crippen molar-refractivity contribution < 1.29 is 24.2 Å². The molecule has 1 unspecified atom stereocenters. The van der Waals surface area contributed by atoms with Crippen molar-refractivity contribution in [3.8, 4) is 17.2 Å². The summed E-state index contributed by atoms with van der Waals surface area (Å²) in [7, 11) is 1.56. The monoisotopic (exact) mass is 433 g/mol. The lowest BCUT2D eigenvalue weighted by Crippen LogP contribution is -2.23. The number of carbonyl (C=O) groups is 2. The van der Waals surface area contributed by atoms with Gasteiger partial charge in [0.15, 0.2) is 0 Å². The highest BCUT2D eigenvalue weighted by Gasteiger charge is 2.17. The summed E-state index contributed by atoms with van der Waals surface area (Å²) in [6.45, 7) is 2.10. The molecule has 32 heavy (non-hydrogen) atoms. The van der Waals surface area contributed by atoms with E-state index in [-0.39, 0.29) is 12.5 Å². The Bertz CT molecular complexity index is 1060. The van der Waals surface area contributed by atoms with Crippen LogP contribution < -0.4 is 14.8 Å². The minimum Gasteiger partial charge on any atom is -0.496 e. The molecule has 0 heterocycles. The maximum Gasteiger partial charge on any atom is 0.306 e. The predicted molar refractivity (Wildman–Crippen MR) is 122 cm³/mol. The average Bonchev–Trinajstić information content (AvgIpc) is 2.82. The Morgan fingerprint density at radius 1 is 0.969 bits per heavy atom. The van der Waals surface area contributed by atoms with Crippen molar-refractivity contribution in [1.82, 2.24) is 5.32 Å². The van der Waals surface area contributed by atoms with Gasteiger partial charge in [0.2, 0.25) is 0 Å². The number of benzene rings is 3. The molecule has 3 aromatic rings. The molecule has 3 rings (SSSR count). The first kappa shape index (κ1) is 22.9. The van der Waals surface area contributed by atoms with Gasteiger partial charge in [0.25, 0.3) is 5.91 Å². The normalized spacial score (nSPS) is 11.4. The number of nitrogens with one attached hydrogen (secondary N) is 1. The third-order valence-corrected chi connectivity index (χ3v) is 5.21. The SMILES string of the molecule is CCC(Cc1ccc(OC)c(CNC(=O)c2ccccc2Oc2ccccc2)c1)C(=O)O. The van der Waals surface area contributed by atoms with Gasteiger partial charge in [-0.1, -0.05) is 49.4 Å². The van der Waals surface area contributed by atoms with Gasteiger partial charge in [-0.05, 0) is 48.7 Å². The topological polar surface area (TPSA) is 84.9 Å². The third-order valence-electron chi connectivity index (χ3n) is 5.21. The van der Waals surface area contributed by atoms with Crippen LogP contribution in [0.5, 0.6) is 17.2 Å². The number of hydrogen-bond donors (Lipinski definition) is 2. The quantitative estimate of drug-likeness (QED) is 0.466. The summed E-state index contributed by atoms with van der Waals surface area (Å²) < 4.78 is 11.3. The van der Waals surface area contributed by atoms with Crippen LogP contribution in [-0.2, 0) is 17.8 Å². The minimum atomic E-state index is -0.812. The van der Waals surface area contributed by atoms with Gasteiger partial charge in [0.1, 0.15) is 17.2 Å². The zero-order valence-corrected chi connectivity index (χ0v) is 18.2. The summed E-state index contributed by atoms with van der Waals surface area (Å²) in [5, 5.41) is 12.3. The van der Waals surface area contributed by atoms with Crippen LogP contribution in [-0.4, -0.2) is 24.1 Å². The number of carboxylic acid groups (broad SMARTS) is 1. The van der Waals surface area contributed by atoms with E-state index in [1.54, 1.807) is 31.4 Å². The van der Waals surface area contributed by atoms with Crippen LogP contribution in [0.1, 0.15) is 34.8 Å². The third kappa shape index (κ3) is 5.88. The van der Waals surface area contributed by atoms with Crippen molar-refractivity contribution in [2.24, 2.45) is 5.92 Å². The fraction of sp³-hybridized carbons (Fsp3) is 0.231. The second kappa shape index (κ2) is 11.0. The molecule has 0 spiro atoms. The molecule has 0 aliphatic rings. The number of carboxylic acids is 1. The Morgan fingerprint density at radius 2 is 1.69 bits per heavy atom. The van der Waals surface area contributed by atoms with Crippen molar-refractivity contribution in [3.05, 3.63) is 89.5 Å². The van der Waals surface area contributed by atoms with Gasteiger partial charge in [-0.25, -0.2) is 0 Å². The molecule has 0 aliphatic heterocycles. The Hall–Kier alpha value is -3.80. The zero-order chi connectivity index (χ0) is 22.9. The first-order chi connectivity index (χ1) is 15.5. The van der Waals surface area contributed by atoms with Crippen molar-refractivity contribution >= 4 is 11.9 Å². The molecule has 0 fully saturated rings. The van der Waals surface area contributed by atoms with Crippen LogP contribution in [0.15, 0.2) is 72.8 Å². The molecule has 166 valence electrons. The van der Waals surface area contributed by atoms with Gasteiger partial charge in [0, 0.05) is 12.1 Å². The molecular weight excluding hydrogens is 406 g/mol. The van der Waals surface area contributed by atoms with Gasteiger partial charge < -0.3 is 19.9 Å². The Labute approximate surface area is 187 Å². The lowest BCUT2D eigenvalue weighted by molar-refractivity contribution is -0.141. The van der Waals surface area contributed by atoms with Crippen LogP contribution in [0.25, 0.3) is 0 Å². The van der Waals surface area contributed by atoms with Crippen LogP contribution in [0.3, 0.4) is 0 Å². The molecule has 3 aromatic carbocycles. The number of ether oxygens (including phenoxy) is 2. The molecule has 6 nitrogen and oxygen atoms in total. The summed E-state index contributed by atoms with van der Waals surface area (Å²) in [6.07, 6.45) is 0.968. The number of aliphatic carboxylic acids is 1. The first-order valence-corrected chi connectivity index (χ1v) is 10.5. The van der Waals surface area contributed by atoms with E-state index in [1.165, 1.54) is 0 Å². The van der Waals surface area contributed by atoms with Crippen LogP contribution in [0.2, 0.25) is 0 Å². The fourth-order valence-corrected chi connectivity index (χ4v) is 3.42. The number of methoxy groups -OCH3 is 1. The number of amides is 1. The van der Waals surface area contributed by atoms with Gasteiger partial charge in [-0.15, -0.1) is 0 Å². The highest BCUT2D eigenvalue weighted by atomic mass is 16.5. The molecule has 0 aromatic heterocycles. The summed E-state index contributed by atoms with van der Waals surface area (Å²) >= 11 is 0. The Balaban J connectivity index is 1.74. The van der Waals surface area contributed by atoms with Gasteiger partial charge in [0.05, 0.1) is 18.6 Å². The van der Waals surface area contributed by atoms with Crippen molar-refractivity contribution in [2.45, 2.75) is 26.3 Å². The summed E-state index contributed by atoms with van der Waals surface area (Å²) in [5.41, 5.74) is 2.08. The molecule has 0 bridgehead atoms. The Kier molecular flexibility index (Phi) is 7.86. The van der Waals surface area contributed by atoms with Gasteiger partial charge in [-0.3, -0.25) is 9.59 Å². The van der Waals surface area contributed by atoms with Crippen molar-refractivity contribution in [2.75, 3.05) is 7.11 Å². The Morgan fingerprint density at radius 3 is 2.38 bits per heavy atom. The standard InChI is InChI=1S/C26H27NO5/c1-3-19(26(29)30)15-18-13-14-23(31-2)20(16-18)17-27-25(28)22-11-7-8-12-24(22)32-21-9-5-4-6-10-21/h4-14,16,19H,3,15,17H2,1-2H3,(H,27,28)(H,29,30). The lowest BCUT2D eigenvalue weighted by Gasteiger charge is -2.15. The maximum atomic E-state index is 12.9. The van der Waals surface area contributed by atoms with E-state index in [9.17, 15) is 14.7 Å². The van der Waals surface area contributed by atoms with Crippen molar-refractivity contribution in [3.63, 3.8) is 0 Å². The second-order valence-electron chi connectivity index (χ2n) is 7.39. The van der Waals surface area contributed by atoms with E-state index in [4.69, 9.17) is 9.47 Å². The first-order valence-electron chi connectivity index (χ1n) is 10.5. The van der Waals surface area contributed by atoms with Crippen LogP contribution in [0.4, 0.5) is 0 Å². The number of carbonyl (C=O) groups excluding carboxylic acids is 1. The van der Waals surface area contributed by atoms with Crippen molar-refractivity contribution in [1.29, 1.82) is 0 Å². The number of hydrogen-bond acceptors (Lipinski definition) is 4. The van der Waals surface area contributed by atoms with E-state index in [1.807, 2.05) is 55.5 Å². The maximum absolute atomic E-state index is 12.9. The minimum absolute atomic E-state index is 0.235. The zero-order valence-electron chi connectivity index (χ0n) is 18.2. The van der Waals surface area contributed by atoms with Crippen LogP contribution >= 0.6 is 0 Å². The largest absolute Gasteiger partial charge is 0.496 e. The molecule has 0 aliphatic carbocycles. The predicted octanol–water partition coefficient (Wildman–Crippen LogP) is 5.07. The van der Waals surface area contributed by atoms with E-state index in [0.29, 0.717) is 35.7 Å². The smallest absolute Gasteiger partial charge is 0.306 e. The van der Waals surface area contributed by atoms with Gasteiger partial charge in [-0.2, -0.15) is 0 Å². The van der Waals surface area contributed by atoms with E-state index < -0.39 is 11.9 Å². The average molecular weight is 434 g/mol. The molecular formula is C26H27NO5. The fourth-order valence-electron chi connectivity index (χ4n) is 3.42. The molecule has 6 heteroatoms. The molecule has 2 N–H and O–H groups in total. The molecule has 0 saturated heterocycles. The molecule has 1 atom stereocenters. The number of rotatable bonds is 10. The molecule has 1 amide bonds. The van der Waals surface area contributed by atoms with E-state index >= 15 is 0 Å². The molecule has 0 saturated carbocycles. The highest BCUT2D eigenvalue weighted by molar-refractivity contribution is 5.97. The van der Waals surface area contributed by atoms with Gasteiger partial charge >= 0.3 is 5.97 Å². The van der Waals surface area contributed by atoms with Crippen LogP contribution in [0, 0.1) is 5.92 Å². The van der Waals surface area contributed by atoms with E-state index in [2.05, 4.69) is 5.32 Å². The molecule has 0 radical (unpaired) electrons. The summed E-state index contributed by atoms with van der Waals surface area (Å²) in [4.78, 5) is 24.3. The lowest BCUT2D eigenvalue weighted by atomic mass is 9.95. The summed E-state index contributed by atoms with van der Waals surface area (Å²) in [6, 6.07) is 21.9. The highest BCUT2D eigenvalue weighted by Crippen LogP contribution is 2.26. The van der Waals surface area contributed by atoms with E-state index in [0.717, 1.165) is 11.1 Å². The second-order valence-corrected chi connectivity index (χ2v) is 7.39. The summed E-state index contributed by atoms with van der Waals surface area (Å²) in [5.74, 6) is 0.198. The number of para-hydroxylation sites is 2.